The van der Waals surface area contributed by atoms with Gasteiger partial charge < -0.3 is 9.64 Å². The predicted molar refractivity (Wildman–Crippen MR) is 74.4 cm³/mol. The fourth-order valence-corrected chi connectivity index (χ4v) is 2.85. The molecular formula is C15H14N2O4. The van der Waals surface area contributed by atoms with Crippen LogP contribution < -0.4 is 4.90 Å². The molecule has 0 saturated heterocycles. The fraction of sp³-hybridized carbons (Fsp3) is 0.267. The maximum Gasteiger partial charge on any atom is 0.296 e. The zero-order valence-corrected chi connectivity index (χ0v) is 11.9. The zero-order valence-electron chi connectivity index (χ0n) is 11.9. The Balaban J connectivity index is 2.21. The highest BCUT2D eigenvalue weighted by molar-refractivity contribution is 6.23. The molecule has 1 aromatic rings. The summed E-state index contributed by atoms with van der Waals surface area (Å²) in [4.78, 5) is 39.3. The van der Waals surface area contributed by atoms with Crippen molar-refractivity contribution in [1.29, 1.82) is 0 Å². The van der Waals surface area contributed by atoms with E-state index in [4.69, 9.17) is 4.74 Å². The van der Waals surface area contributed by atoms with Gasteiger partial charge in [0, 0.05) is 19.8 Å². The minimum Gasteiger partial charge on any atom is -0.491 e. The molecule has 21 heavy (non-hydrogen) atoms. The highest BCUT2D eigenvalue weighted by Crippen LogP contribution is 2.43. The Hall–Kier alpha value is -2.63. The molecule has 3 amide bonds. The third-order valence-electron chi connectivity index (χ3n) is 3.96. The Morgan fingerprint density at radius 1 is 1.00 bits per heavy atom. The van der Waals surface area contributed by atoms with Crippen LogP contribution in [0.3, 0.4) is 0 Å². The Morgan fingerprint density at radius 3 is 2.33 bits per heavy atom. The standard InChI is InChI=1S/C15H14N2O4/c1-16-9-7-5-4-6-8(9)10(13(16)18)11-12(21-3)15(20)17(2)14(11)19/h4-7,10H,1-3H3. The number of carbonyl (C=O) groups is 3. The van der Waals surface area contributed by atoms with E-state index in [1.54, 1.807) is 19.2 Å². The summed E-state index contributed by atoms with van der Waals surface area (Å²) in [7, 11) is 4.36. The molecule has 1 atom stereocenters. The molecule has 0 bridgehead atoms. The Bertz CT molecular complexity index is 707. The van der Waals surface area contributed by atoms with Gasteiger partial charge in [0.15, 0.2) is 5.76 Å². The number of ether oxygens (including phenoxy) is 1. The molecule has 0 N–H and O–H groups in total. The van der Waals surface area contributed by atoms with Crippen LogP contribution in [0.15, 0.2) is 35.6 Å². The highest BCUT2D eigenvalue weighted by atomic mass is 16.5. The Morgan fingerprint density at radius 2 is 1.67 bits per heavy atom. The highest BCUT2D eigenvalue weighted by Gasteiger charge is 2.48. The quantitative estimate of drug-likeness (QED) is 0.749. The molecule has 6 nitrogen and oxygen atoms in total. The van der Waals surface area contributed by atoms with E-state index in [0.29, 0.717) is 5.56 Å². The average Bonchev–Trinajstić information content (AvgIpc) is 2.86. The van der Waals surface area contributed by atoms with Crippen LogP contribution in [0.25, 0.3) is 0 Å². The van der Waals surface area contributed by atoms with E-state index in [-0.39, 0.29) is 17.2 Å². The van der Waals surface area contributed by atoms with Crippen LogP contribution in [0.2, 0.25) is 0 Å². The van der Waals surface area contributed by atoms with Crippen molar-refractivity contribution in [3.8, 4) is 0 Å². The van der Waals surface area contributed by atoms with Crippen molar-refractivity contribution >= 4 is 23.4 Å². The van der Waals surface area contributed by atoms with Crippen molar-refractivity contribution in [2.75, 3.05) is 26.1 Å². The Kier molecular flexibility index (Phi) is 2.83. The molecule has 1 aromatic carbocycles. The molecule has 0 aliphatic carbocycles. The number of benzene rings is 1. The van der Waals surface area contributed by atoms with E-state index < -0.39 is 17.7 Å². The van der Waals surface area contributed by atoms with Crippen LogP contribution in [0.1, 0.15) is 11.5 Å². The summed E-state index contributed by atoms with van der Waals surface area (Å²) in [6, 6.07) is 7.23. The first kappa shape index (κ1) is 13.4. The second-order valence-corrected chi connectivity index (χ2v) is 5.01. The predicted octanol–water partition coefficient (Wildman–Crippen LogP) is 0.646. The smallest absolute Gasteiger partial charge is 0.296 e. The van der Waals surface area contributed by atoms with Crippen LogP contribution in [-0.4, -0.2) is 43.8 Å². The minimum atomic E-state index is -0.789. The number of fused-ring (bicyclic) bond motifs is 1. The SMILES string of the molecule is COC1=C(C2C(=O)N(C)c3ccccc32)C(=O)N(C)C1=O. The van der Waals surface area contributed by atoms with Crippen molar-refractivity contribution in [1.82, 2.24) is 4.90 Å². The molecule has 2 aliphatic rings. The van der Waals surface area contributed by atoms with Crippen LogP contribution in [0, 0.1) is 0 Å². The topological polar surface area (TPSA) is 66.9 Å². The number of imide groups is 1. The maximum atomic E-state index is 12.5. The number of amides is 3. The van der Waals surface area contributed by atoms with Crippen molar-refractivity contribution in [2.24, 2.45) is 0 Å². The van der Waals surface area contributed by atoms with E-state index in [9.17, 15) is 14.4 Å². The van der Waals surface area contributed by atoms with Gasteiger partial charge in [-0.05, 0) is 11.6 Å². The summed E-state index contributed by atoms with van der Waals surface area (Å²) >= 11 is 0. The van der Waals surface area contributed by atoms with E-state index in [2.05, 4.69) is 0 Å². The van der Waals surface area contributed by atoms with Crippen molar-refractivity contribution < 1.29 is 19.1 Å². The van der Waals surface area contributed by atoms with E-state index in [1.165, 1.54) is 19.1 Å². The van der Waals surface area contributed by atoms with Gasteiger partial charge in [0.1, 0.15) is 0 Å². The third-order valence-corrected chi connectivity index (χ3v) is 3.96. The minimum absolute atomic E-state index is 0.0500. The largest absolute Gasteiger partial charge is 0.491 e. The number of hydrogen-bond donors (Lipinski definition) is 0. The monoisotopic (exact) mass is 286 g/mol. The first-order valence-electron chi connectivity index (χ1n) is 6.46. The molecule has 0 aromatic heterocycles. The normalized spacial score (nSPS) is 21.5. The second-order valence-electron chi connectivity index (χ2n) is 5.01. The van der Waals surface area contributed by atoms with Gasteiger partial charge in [-0.2, -0.15) is 0 Å². The molecule has 108 valence electrons. The number of methoxy groups -OCH3 is 1. The number of carbonyl (C=O) groups excluding carboxylic acids is 3. The molecular weight excluding hydrogens is 272 g/mol. The van der Waals surface area contributed by atoms with Gasteiger partial charge in [0.05, 0.1) is 18.6 Å². The van der Waals surface area contributed by atoms with Gasteiger partial charge in [0.25, 0.3) is 11.8 Å². The summed E-state index contributed by atoms with van der Waals surface area (Å²) in [5.41, 5.74) is 1.57. The van der Waals surface area contributed by atoms with Crippen LogP contribution in [-0.2, 0) is 19.1 Å². The average molecular weight is 286 g/mol. The number of para-hydroxylation sites is 1. The molecule has 0 spiro atoms. The fourth-order valence-electron chi connectivity index (χ4n) is 2.85. The number of rotatable bonds is 2. The third kappa shape index (κ3) is 1.62. The van der Waals surface area contributed by atoms with Gasteiger partial charge in [-0.1, -0.05) is 18.2 Å². The lowest BCUT2D eigenvalue weighted by Crippen LogP contribution is -2.30. The van der Waals surface area contributed by atoms with Crippen molar-refractivity contribution in [3.05, 3.63) is 41.2 Å². The van der Waals surface area contributed by atoms with E-state index in [0.717, 1.165) is 10.6 Å². The van der Waals surface area contributed by atoms with Gasteiger partial charge in [-0.25, -0.2) is 0 Å². The lowest BCUT2D eigenvalue weighted by molar-refractivity contribution is -0.137. The van der Waals surface area contributed by atoms with E-state index in [1.807, 2.05) is 12.1 Å². The van der Waals surface area contributed by atoms with E-state index >= 15 is 0 Å². The van der Waals surface area contributed by atoms with Crippen LogP contribution in [0.4, 0.5) is 5.69 Å². The van der Waals surface area contributed by atoms with Gasteiger partial charge in [0.2, 0.25) is 5.91 Å². The number of likely N-dealkylation sites (N-methyl/N-ethyl adjacent to an activating group) is 2. The van der Waals surface area contributed by atoms with Crippen molar-refractivity contribution in [3.63, 3.8) is 0 Å². The summed E-state index contributed by atoms with van der Waals surface area (Å²) in [6.45, 7) is 0. The van der Waals surface area contributed by atoms with Gasteiger partial charge in [-0.15, -0.1) is 0 Å². The number of nitrogens with zero attached hydrogens (tertiary/aromatic N) is 2. The molecule has 0 fully saturated rings. The zero-order chi connectivity index (χ0) is 15.3. The molecule has 0 saturated carbocycles. The second kappa shape index (κ2) is 4.44. The Labute approximate surface area is 121 Å². The summed E-state index contributed by atoms with van der Waals surface area (Å²) in [5, 5.41) is 0. The van der Waals surface area contributed by atoms with Crippen molar-refractivity contribution in [2.45, 2.75) is 5.92 Å². The summed E-state index contributed by atoms with van der Waals surface area (Å²) < 4.78 is 5.08. The molecule has 1 unspecified atom stereocenters. The first-order valence-corrected chi connectivity index (χ1v) is 6.46. The molecule has 0 radical (unpaired) electrons. The molecule has 6 heteroatoms. The maximum absolute atomic E-state index is 12.5. The number of hydrogen-bond acceptors (Lipinski definition) is 4. The molecule has 2 heterocycles. The number of anilines is 1. The lowest BCUT2D eigenvalue weighted by atomic mass is 9.92. The lowest BCUT2D eigenvalue weighted by Gasteiger charge is -2.12. The van der Waals surface area contributed by atoms with Gasteiger partial charge >= 0.3 is 0 Å². The summed E-state index contributed by atoms with van der Waals surface area (Å²) in [6.07, 6.45) is 0. The van der Waals surface area contributed by atoms with Crippen LogP contribution in [0.5, 0.6) is 0 Å². The van der Waals surface area contributed by atoms with Gasteiger partial charge in [-0.3, -0.25) is 19.3 Å². The van der Waals surface area contributed by atoms with Crippen LogP contribution >= 0.6 is 0 Å². The molecule has 3 rings (SSSR count). The first-order chi connectivity index (χ1) is 9.99. The summed E-state index contributed by atoms with van der Waals surface area (Å²) in [5.74, 6) is -2.08. The molecule has 2 aliphatic heterocycles.